The first kappa shape index (κ1) is 33.3. The summed E-state index contributed by atoms with van der Waals surface area (Å²) in [6.07, 6.45) is 2.21. The third kappa shape index (κ3) is 5.36. The maximum Gasteiger partial charge on any atom is 0.0788 e. The number of fused-ring (bicyclic) bond motifs is 8. The number of benzene rings is 9. The minimum Gasteiger partial charge on any atom is -0.315 e. The number of nitrogens with zero attached hydrogens (tertiary/aromatic N) is 3. The molecule has 0 aliphatic heterocycles. The van der Waals surface area contributed by atoms with Crippen molar-refractivity contribution in [3.05, 3.63) is 225 Å². The average Bonchev–Trinajstić information content (AvgIpc) is 4.00. The Labute approximate surface area is 341 Å². The second-order valence-corrected chi connectivity index (χ2v) is 15.4. The summed E-state index contributed by atoms with van der Waals surface area (Å²) in [5, 5.41) is 6.14. The van der Waals surface area contributed by atoms with E-state index in [0.717, 1.165) is 11.4 Å². The molecule has 0 amide bonds. The molecule has 276 valence electrons. The summed E-state index contributed by atoms with van der Waals surface area (Å²) in [5.74, 6) is 0. The average molecular weight is 752 g/mol. The van der Waals surface area contributed by atoms with Crippen LogP contribution in [0.2, 0.25) is 0 Å². The Kier molecular flexibility index (Phi) is 7.54. The smallest absolute Gasteiger partial charge is 0.0788 e. The van der Waals surface area contributed by atoms with Crippen molar-refractivity contribution in [2.45, 2.75) is 0 Å². The lowest BCUT2D eigenvalue weighted by Gasteiger charge is -2.15. The van der Waals surface area contributed by atoms with Gasteiger partial charge in [-0.1, -0.05) is 140 Å². The molecule has 0 spiro atoms. The van der Waals surface area contributed by atoms with Crippen molar-refractivity contribution in [2.75, 3.05) is 0 Å². The lowest BCUT2D eigenvalue weighted by molar-refractivity contribution is 1.12. The van der Waals surface area contributed by atoms with Gasteiger partial charge in [-0.05, 0) is 112 Å². The topological polar surface area (TPSA) is 14.8 Å². The fourth-order valence-electron chi connectivity index (χ4n) is 9.32. The lowest BCUT2D eigenvalue weighted by Crippen LogP contribution is -1.99. The molecule has 0 unspecified atom stereocenters. The van der Waals surface area contributed by atoms with E-state index >= 15 is 0 Å². The van der Waals surface area contributed by atoms with E-state index in [9.17, 15) is 0 Å². The highest BCUT2D eigenvalue weighted by atomic mass is 15.0. The second kappa shape index (κ2) is 13.4. The Morgan fingerprint density at radius 2 is 0.780 bits per heavy atom. The van der Waals surface area contributed by atoms with Crippen LogP contribution in [0, 0.1) is 0 Å². The molecule has 3 nitrogen and oxygen atoms in total. The molecule has 0 atom stereocenters. The van der Waals surface area contributed by atoms with E-state index in [1.807, 2.05) is 0 Å². The van der Waals surface area contributed by atoms with Crippen LogP contribution in [0.15, 0.2) is 225 Å². The Morgan fingerprint density at radius 3 is 1.42 bits per heavy atom. The predicted molar refractivity (Wildman–Crippen MR) is 248 cm³/mol. The maximum absolute atomic E-state index is 2.51. The van der Waals surface area contributed by atoms with E-state index in [4.69, 9.17) is 0 Å². The van der Waals surface area contributed by atoms with Crippen LogP contribution in [-0.4, -0.2) is 13.7 Å². The van der Waals surface area contributed by atoms with Crippen LogP contribution in [0.5, 0.6) is 0 Å². The summed E-state index contributed by atoms with van der Waals surface area (Å²) in [6.45, 7) is 0. The first-order valence-corrected chi connectivity index (χ1v) is 20.3. The molecule has 0 aliphatic carbocycles. The maximum atomic E-state index is 2.51. The van der Waals surface area contributed by atoms with Gasteiger partial charge >= 0.3 is 0 Å². The van der Waals surface area contributed by atoms with E-state index in [2.05, 4.69) is 238 Å². The van der Waals surface area contributed by atoms with Crippen molar-refractivity contribution in [2.24, 2.45) is 0 Å². The zero-order valence-corrected chi connectivity index (χ0v) is 32.2. The fraction of sp³-hybridized carbons (Fsp3) is 0. The van der Waals surface area contributed by atoms with Crippen molar-refractivity contribution < 1.29 is 0 Å². The predicted octanol–water partition coefficient (Wildman–Crippen LogP) is 14.8. The molecule has 12 rings (SSSR count). The van der Waals surface area contributed by atoms with Crippen molar-refractivity contribution in [1.29, 1.82) is 0 Å². The van der Waals surface area contributed by atoms with E-state index in [-0.39, 0.29) is 0 Å². The zero-order valence-electron chi connectivity index (χ0n) is 32.2. The molecule has 59 heavy (non-hydrogen) atoms. The van der Waals surface area contributed by atoms with E-state index in [1.54, 1.807) is 0 Å². The van der Waals surface area contributed by atoms with Crippen LogP contribution >= 0.6 is 0 Å². The van der Waals surface area contributed by atoms with Gasteiger partial charge in [-0.25, -0.2) is 0 Å². The summed E-state index contributed by atoms with van der Waals surface area (Å²) in [6, 6.07) is 79.5. The highest BCUT2D eigenvalue weighted by Crippen LogP contribution is 2.42. The second-order valence-electron chi connectivity index (χ2n) is 15.4. The quantitative estimate of drug-likeness (QED) is 0.161. The van der Waals surface area contributed by atoms with Crippen LogP contribution in [0.3, 0.4) is 0 Å². The molecular formula is C56H37N3. The van der Waals surface area contributed by atoms with E-state index < -0.39 is 0 Å². The van der Waals surface area contributed by atoms with Crippen LogP contribution in [0.1, 0.15) is 0 Å². The number of hydrogen-bond acceptors (Lipinski definition) is 0. The third-order valence-electron chi connectivity index (χ3n) is 12.0. The minimum atomic E-state index is 1.13. The fourth-order valence-corrected chi connectivity index (χ4v) is 9.32. The molecule has 12 aromatic rings. The normalized spacial score (nSPS) is 11.7. The molecule has 3 aromatic heterocycles. The summed E-state index contributed by atoms with van der Waals surface area (Å²) in [4.78, 5) is 0. The third-order valence-corrected chi connectivity index (χ3v) is 12.0. The molecule has 0 radical (unpaired) electrons. The van der Waals surface area contributed by atoms with Crippen LogP contribution in [0.4, 0.5) is 0 Å². The molecule has 3 heterocycles. The monoisotopic (exact) mass is 751 g/mol. The van der Waals surface area contributed by atoms with Gasteiger partial charge in [-0.2, -0.15) is 0 Å². The van der Waals surface area contributed by atoms with Gasteiger partial charge in [0.2, 0.25) is 0 Å². The standard InChI is InChI=1S/C56H37N3/c1-5-15-38(16-6-1)43-33-44(39-17-7-2-8-18-39)35-47(34-43)59-54-30-27-42(37-51(54)49-28-25-40-31-32-57(55(40)56(49)59)45-19-9-3-10-20-45)41-26-29-53-50(36-41)48-23-13-14-24-52(48)58(53)46-21-11-4-12-22-46/h1-37H. The van der Waals surface area contributed by atoms with Gasteiger partial charge in [0, 0.05) is 50.2 Å². The number of para-hydroxylation sites is 3. The van der Waals surface area contributed by atoms with Gasteiger partial charge in [-0.15, -0.1) is 0 Å². The SMILES string of the molecule is c1ccc(-c2cc(-c3ccccc3)cc(-n3c4ccc(-c5ccc6c(c5)c5ccccc5n6-c5ccccc5)cc4c4ccc5ccn(-c6ccccc6)c5c43)c2)cc1. The van der Waals surface area contributed by atoms with Crippen molar-refractivity contribution in [1.82, 2.24) is 13.7 Å². The number of aromatic nitrogens is 3. The van der Waals surface area contributed by atoms with Crippen LogP contribution in [0.25, 0.3) is 105 Å². The van der Waals surface area contributed by atoms with Gasteiger partial charge in [0.1, 0.15) is 0 Å². The molecule has 0 saturated heterocycles. The molecule has 0 aliphatic rings. The molecule has 0 N–H and O–H groups in total. The van der Waals surface area contributed by atoms with Gasteiger partial charge in [0.15, 0.2) is 0 Å². The highest BCUT2D eigenvalue weighted by Gasteiger charge is 2.21. The van der Waals surface area contributed by atoms with Crippen LogP contribution in [-0.2, 0) is 0 Å². The molecular weight excluding hydrogens is 715 g/mol. The molecule has 9 aromatic carbocycles. The van der Waals surface area contributed by atoms with Crippen LogP contribution < -0.4 is 0 Å². The lowest BCUT2D eigenvalue weighted by atomic mass is 9.98. The first-order valence-electron chi connectivity index (χ1n) is 20.3. The molecule has 0 bridgehead atoms. The molecule has 3 heteroatoms. The summed E-state index contributed by atoms with van der Waals surface area (Å²) in [5.41, 5.74) is 16.5. The first-order chi connectivity index (χ1) is 29.3. The number of rotatable bonds is 6. The van der Waals surface area contributed by atoms with Crippen molar-refractivity contribution in [3.63, 3.8) is 0 Å². The summed E-state index contributed by atoms with van der Waals surface area (Å²) in [7, 11) is 0. The largest absolute Gasteiger partial charge is 0.315 e. The van der Waals surface area contributed by atoms with Gasteiger partial charge < -0.3 is 13.7 Å². The van der Waals surface area contributed by atoms with Gasteiger partial charge in [-0.3, -0.25) is 0 Å². The van der Waals surface area contributed by atoms with Gasteiger partial charge in [0.05, 0.1) is 27.6 Å². The highest BCUT2D eigenvalue weighted by molar-refractivity contribution is 6.19. The minimum absolute atomic E-state index is 1.13. The Hall–Kier alpha value is -7.88. The Morgan fingerprint density at radius 1 is 0.254 bits per heavy atom. The van der Waals surface area contributed by atoms with E-state index in [1.165, 1.54) is 93.6 Å². The van der Waals surface area contributed by atoms with Crippen molar-refractivity contribution in [3.8, 4) is 50.4 Å². The zero-order chi connectivity index (χ0) is 38.9. The number of hydrogen-bond donors (Lipinski definition) is 0. The molecule has 0 saturated carbocycles. The summed E-state index contributed by atoms with van der Waals surface area (Å²) < 4.78 is 7.24. The van der Waals surface area contributed by atoms with Crippen molar-refractivity contribution >= 4 is 54.5 Å². The summed E-state index contributed by atoms with van der Waals surface area (Å²) >= 11 is 0. The van der Waals surface area contributed by atoms with Gasteiger partial charge in [0.25, 0.3) is 0 Å². The molecule has 0 fully saturated rings. The van der Waals surface area contributed by atoms with E-state index in [0.29, 0.717) is 0 Å². The Bertz CT molecular complexity index is 3460. The Balaban J connectivity index is 1.14.